The molecule has 2 nitrogen and oxygen atoms in total. The predicted molar refractivity (Wildman–Crippen MR) is 92.1 cm³/mol. The standard InChI is InChI=1S/C18H30O2Si/c1-6-21(7-2,8-3)20-15-18(4,5)17(19)14-16-12-10-9-11-13-16/h9-13H,6-8,14-15H2,1-5H3. The predicted octanol–water partition coefficient (Wildman–Crippen LogP) is 4.85. The van der Waals surface area contributed by atoms with Gasteiger partial charge in [-0.3, -0.25) is 4.79 Å². The molecule has 0 amide bonds. The third-order valence-electron chi connectivity index (χ3n) is 4.63. The van der Waals surface area contributed by atoms with Crippen LogP contribution in [0.4, 0.5) is 0 Å². The van der Waals surface area contributed by atoms with Gasteiger partial charge in [0.2, 0.25) is 0 Å². The van der Waals surface area contributed by atoms with Crippen LogP contribution < -0.4 is 0 Å². The van der Waals surface area contributed by atoms with Gasteiger partial charge < -0.3 is 4.43 Å². The topological polar surface area (TPSA) is 26.3 Å². The van der Waals surface area contributed by atoms with Crippen molar-refractivity contribution in [2.24, 2.45) is 5.41 Å². The van der Waals surface area contributed by atoms with Crippen molar-refractivity contribution in [1.82, 2.24) is 0 Å². The van der Waals surface area contributed by atoms with Crippen LogP contribution >= 0.6 is 0 Å². The van der Waals surface area contributed by atoms with Crippen LogP contribution in [0, 0.1) is 5.41 Å². The van der Waals surface area contributed by atoms with E-state index >= 15 is 0 Å². The minimum Gasteiger partial charge on any atom is -0.416 e. The van der Waals surface area contributed by atoms with Crippen molar-refractivity contribution in [3.05, 3.63) is 35.9 Å². The second-order valence-electron chi connectivity index (χ2n) is 6.50. The second-order valence-corrected chi connectivity index (χ2v) is 11.3. The Morgan fingerprint density at radius 1 is 1.05 bits per heavy atom. The van der Waals surface area contributed by atoms with Gasteiger partial charge in [-0.15, -0.1) is 0 Å². The van der Waals surface area contributed by atoms with Gasteiger partial charge in [0.05, 0.1) is 0 Å². The minimum atomic E-state index is -1.62. The number of ketones is 1. The van der Waals surface area contributed by atoms with Gasteiger partial charge in [0.1, 0.15) is 5.78 Å². The molecule has 0 radical (unpaired) electrons. The molecular formula is C18H30O2Si. The first-order chi connectivity index (χ1) is 9.89. The maximum absolute atomic E-state index is 12.6. The molecule has 0 aliphatic heterocycles. The van der Waals surface area contributed by atoms with Crippen molar-refractivity contribution >= 4 is 14.1 Å². The number of Topliss-reactive ketones (excluding diaryl/α,β-unsaturated/α-hetero) is 1. The summed E-state index contributed by atoms with van der Waals surface area (Å²) in [5.74, 6) is 0.264. The molecule has 0 N–H and O–H groups in total. The molecule has 0 aliphatic carbocycles. The molecule has 0 saturated carbocycles. The molecule has 0 saturated heterocycles. The Labute approximate surface area is 131 Å². The highest BCUT2D eigenvalue weighted by atomic mass is 28.4. The average molecular weight is 307 g/mol. The smallest absolute Gasteiger partial charge is 0.192 e. The quantitative estimate of drug-likeness (QED) is 0.610. The van der Waals surface area contributed by atoms with E-state index in [9.17, 15) is 4.79 Å². The van der Waals surface area contributed by atoms with Gasteiger partial charge in [-0.1, -0.05) is 65.0 Å². The van der Waals surface area contributed by atoms with Crippen LogP contribution in [0.3, 0.4) is 0 Å². The molecule has 0 aliphatic rings. The Hall–Kier alpha value is -0.933. The highest BCUT2D eigenvalue weighted by Crippen LogP contribution is 2.27. The van der Waals surface area contributed by atoms with Gasteiger partial charge in [-0.05, 0) is 23.7 Å². The fourth-order valence-corrected chi connectivity index (χ4v) is 5.27. The molecule has 0 heterocycles. The monoisotopic (exact) mass is 306 g/mol. The zero-order valence-electron chi connectivity index (χ0n) is 14.2. The Balaban J connectivity index is 2.66. The minimum absolute atomic E-state index is 0.264. The van der Waals surface area contributed by atoms with E-state index in [0.29, 0.717) is 13.0 Å². The molecule has 0 atom stereocenters. The third-order valence-corrected chi connectivity index (χ3v) is 9.26. The Morgan fingerprint density at radius 3 is 2.05 bits per heavy atom. The van der Waals surface area contributed by atoms with Crippen LogP contribution in [0.1, 0.15) is 40.2 Å². The summed E-state index contributed by atoms with van der Waals surface area (Å²) in [7, 11) is -1.62. The van der Waals surface area contributed by atoms with Gasteiger partial charge in [0, 0.05) is 18.4 Å². The molecule has 0 spiro atoms. The van der Waals surface area contributed by atoms with E-state index in [1.807, 2.05) is 44.2 Å². The highest BCUT2D eigenvalue weighted by molar-refractivity contribution is 6.73. The van der Waals surface area contributed by atoms with Gasteiger partial charge in [0.15, 0.2) is 8.32 Å². The number of rotatable bonds is 9. The van der Waals surface area contributed by atoms with Gasteiger partial charge >= 0.3 is 0 Å². The summed E-state index contributed by atoms with van der Waals surface area (Å²) in [5, 5.41) is 0. The first kappa shape index (κ1) is 18.1. The van der Waals surface area contributed by atoms with E-state index in [4.69, 9.17) is 4.43 Å². The summed E-state index contributed by atoms with van der Waals surface area (Å²) in [5.41, 5.74) is 0.675. The van der Waals surface area contributed by atoms with E-state index in [1.54, 1.807) is 0 Å². The largest absolute Gasteiger partial charge is 0.416 e. The molecule has 118 valence electrons. The molecule has 0 fully saturated rings. The molecule has 21 heavy (non-hydrogen) atoms. The highest BCUT2D eigenvalue weighted by Gasteiger charge is 2.34. The molecule has 1 aromatic carbocycles. The summed E-state index contributed by atoms with van der Waals surface area (Å²) >= 11 is 0. The first-order valence-electron chi connectivity index (χ1n) is 8.10. The Morgan fingerprint density at radius 2 is 1.57 bits per heavy atom. The molecule has 0 unspecified atom stereocenters. The normalized spacial score (nSPS) is 12.4. The molecule has 1 aromatic rings. The van der Waals surface area contributed by atoms with Crippen molar-refractivity contribution in [3.63, 3.8) is 0 Å². The van der Waals surface area contributed by atoms with Crippen LogP contribution in [0.25, 0.3) is 0 Å². The number of hydrogen-bond donors (Lipinski definition) is 0. The van der Waals surface area contributed by atoms with Gasteiger partial charge in [0.25, 0.3) is 0 Å². The molecule has 0 aromatic heterocycles. The molecule has 1 rings (SSSR count). The van der Waals surface area contributed by atoms with Gasteiger partial charge in [-0.2, -0.15) is 0 Å². The molecule has 3 heteroatoms. The maximum Gasteiger partial charge on any atom is 0.192 e. The zero-order chi connectivity index (χ0) is 15.9. The number of hydrogen-bond acceptors (Lipinski definition) is 2. The maximum atomic E-state index is 12.6. The number of carbonyl (C=O) groups is 1. The second kappa shape index (κ2) is 7.90. The van der Waals surface area contributed by atoms with E-state index < -0.39 is 13.7 Å². The van der Waals surface area contributed by atoms with Crippen molar-refractivity contribution in [1.29, 1.82) is 0 Å². The van der Waals surface area contributed by atoms with Crippen molar-refractivity contribution < 1.29 is 9.22 Å². The van der Waals surface area contributed by atoms with Crippen molar-refractivity contribution in [3.8, 4) is 0 Å². The van der Waals surface area contributed by atoms with E-state index in [-0.39, 0.29) is 5.78 Å². The lowest BCUT2D eigenvalue weighted by Gasteiger charge is -2.33. The lowest BCUT2D eigenvalue weighted by molar-refractivity contribution is -0.128. The van der Waals surface area contributed by atoms with E-state index in [2.05, 4.69) is 20.8 Å². The fraction of sp³-hybridized carbons (Fsp3) is 0.611. The molecular weight excluding hydrogens is 276 g/mol. The van der Waals surface area contributed by atoms with Crippen LogP contribution in [0.5, 0.6) is 0 Å². The van der Waals surface area contributed by atoms with Crippen LogP contribution in [0.15, 0.2) is 30.3 Å². The fourth-order valence-electron chi connectivity index (χ4n) is 2.49. The zero-order valence-corrected chi connectivity index (χ0v) is 15.2. The summed E-state index contributed by atoms with van der Waals surface area (Å²) in [4.78, 5) is 12.6. The summed E-state index contributed by atoms with van der Waals surface area (Å²) in [6.45, 7) is 11.2. The first-order valence-corrected chi connectivity index (χ1v) is 10.6. The lowest BCUT2D eigenvalue weighted by Crippen LogP contribution is -2.41. The van der Waals surface area contributed by atoms with Crippen LogP contribution in [0.2, 0.25) is 18.1 Å². The van der Waals surface area contributed by atoms with Crippen molar-refractivity contribution in [2.45, 2.75) is 59.2 Å². The van der Waals surface area contributed by atoms with E-state index in [0.717, 1.165) is 23.7 Å². The average Bonchev–Trinajstić information content (AvgIpc) is 2.50. The summed E-state index contributed by atoms with van der Waals surface area (Å²) in [6.07, 6.45) is 0.496. The van der Waals surface area contributed by atoms with Gasteiger partial charge in [-0.25, -0.2) is 0 Å². The number of carbonyl (C=O) groups excluding carboxylic acids is 1. The Bertz CT molecular complexity index is 428. The van der Waals surface area contributed by atoms with Crippen LogP contribution in [-0.2, 0) is 15.6 Å². The SMILES string of the molecule is CC[Si](CC)(CC)OCC(C)(C)C(=O)Cc1ccccc1. The number of benzene rings is 1. The van der Waals surface area contributed by atoms with Crippen LogP contribution in [-0.4, -0.2) is 20.7 Å². The van der Waals surface area contributed by atoms with Crippen molar-refractivity contribution in [2.75, 3.05) is 6.61 Å². The Kier molecular flexibility index (Phi) is 6.82. The van der Waals surface area contributed by atoms with E-state index in [1.165, 1.54) is 0 Å². The summed E-state index contributed by atoms with van der Waals surface area (Å²) in [6, 6.07) is 13.3. The third kappa shape index (κ3) is 5.08. The lowest BCUT2D eigenvalue weighted by atomic mass is 9.86. The molecule has 0 bridgehead atoms. The summed E-state index contributed by atoms with van der Waals surface area (Å²) < 4.78 is 6.32.